The second-order valence-electron chi connectivity index (χ2n) is 6.72. The van der Waals surface area contributed by atoms with E-state index in [9.17, 15) is 9.59 Å². The molecule has 0 radical (unpaired) electrons. The molecule has 10 heteroatoms. The molecule has 0 saturated heterocycles. The van der Waals surface area contributed by atoms with Gasteiger partial charge in [0.15, 0.2) is 10.3 Å². The summed E-state index contributed by atoms with van der Waals surface area (Å²) in [6.45, 7) is 3.83. The van der Waals surface area contributed by atoms with E-state index in [4.69, 9.17) is 5.11 Å². The largest absolute Gasteiger partial charge is 0.465 e. The summed E-state index contributed by atoms with van der Waals surface area (Å²) in [5.41, 5.74) is 0.814. The number of hydrogen-bond acceptors (Lipinski definition) is 6. The summed E-state index contributed by atoms with van der Waals surface area (Å²) >= 11 is 3.19. The van der Waals surface area contributed by atoms with Gasteiger partial charge in [-0.25, -0.2) is 14.8 Å². The highest BCUT2D eigenvalue weighted by molar-refractivity contribution is 9.10. The van der Waals surface area contributed by atoms with E-state index >= 15 is 0 Å². The van der Waals surface area contributed by atoms with Crippen LogP contribution in [0, 0.1) is 0 Å². The van der Waals surface area contributed by atoms with Crippen molar-refractivity contribution in [2.24, 2.45) is 0 Å². The predicted octanol–water partition coefficient (Wildman–Crippen LogP) is 2.52. The number of nitrogens with one attached hydrogen (secondary N) is 2. The van der Waals surface area contributed by atoms with Crippen molar-refractivity contribution in [2.75, 3.05) is 5.32 Å². The van der Waals surface area contributed by atoms with Crippen LogP contribution in [-0.2, 0) is 0 Å². The SMILES string of the molecule is CC(C)n1c(=O)c(Br)nc2cnc(N[C@H]3CC[C@H](NC(=O)O)CC3)nc21. The Labute approximate surface area is 158 Å². The van der Waals surface area contributed by atoms with Gasteiger partial charge in [-0.05, 0) is 55.5 Å². The van der Waals surface area contributed by atoms with Crippen molar-refractivity contribution in [3.8, 4) is 0 Å². The van der Waals surface area contributed by atoms with Gasteiger partial charge in [0, 0.05) is 18.1 Å². The molecule has 2 aromatic rings. The third-order valence-corrected chi connectivity index (χ3v) is 5.01. The average Bonchev–Trinajstić information content (AvgIpc) is 2.57. The van der Waals surface area contributed by atoms with Crippen LogP contribution in [0.5, 0.6) is 0 Å². The Hall–Kier alpha value is -2.23. The van der Waals surface area contributed by atoms with Crippen molar-refractivity contribution < 1.29 is 9.90 Å². The van der Waals surface area contributed by atoms with E-state index in [1.807, 2.05) is 13.8 Å². The number of halogens is 1. The van der Waals surface area contributed by atoms with Crippen molar-refractivity contribution >= 4 is 39.1 Å². The topological polar surface area (TPSA) is 122 Å². The minimum absolute atomic E-state index is 0.00394. The fraction of sp³-hybridized carbons (Fsp3) is 0.562. The van der Waals surface area contributed by atoms with Gasteiger partial charge in [-0.1, -0.05) is 0 Å². The van der Waals surface area contributed by atoms with Crippen LogP contribution in [0.3, 0.4) is 0 Å². The molecule has 1 aliphatic rings. The van der Waals surface area contributed by atoms with Gasteiger partial charge in [0.1, 0.15) is 5.52 Å². The first kappa shape index (κ1) is 18.6. The van der Waals surface area contributed by atoms with E-state index in [0.29, 0.717) is 17.1 Å². The van der Waals surface area contributed by atoms with Crippen LogP contribution in [0.4, 0.5) is 10.7 Å². The summed E-state index contributed by atoms with van der Waals surface area (Å²) in [4.78, 5) is 36.1. The molecule has 0 unspecified atom stereocenters. The summed E-state index contributed by atoms with van der Waals surface area (Å²) in [6.07, 6.45) is 3.80. The summed E-state index contributed by atoms with van der Waals surface area (Å²) in [7, 11) is 0. The van der Waals surface area contributed by atoms with Gasteiger partial charge in [0.25, 0.3) is 5.56 Å². The Bertz CT molecular complexity index is 876. The Morgan fingerprint density at radius 1 is 1.27 bits per heavy atom. The fourth-order valence-corrected chi connectivity index (χ4v) is 3.64. The second kappa shape index (κ2) is 7.56. The number of rotatable bonds is 4. The zero-order valence-corrected chi connectivity index (χ0v) is 16.2. The maximum Gasteiger partial charge on any atom is 0.404 e. The average molecular weight is 425 g/mol. The smallest absolute Gasteiger partial charge is 0.404 e. The van der Waals surface area contributed by atoms with E-state index in [2.05, 4.69) is 41.5 Å². The van der Waals surface area contributed by atoms with E-state index < -0.39 is 6.09 Å². The molecule has 3 N–H and O–H groups in total. The number of carbonyl (C=O) groups is 1. The fourth-order valence-electron chi connectivity index (χ4n) is 3.26. The van der Waals surface area contributed by atoms with Crippen LogP contribution in [0.1, 0.15) is 45.6 Å². The molecule has 1 aliphatic carbocycles. The van der Waals surface area contributed by atoms with Crippen molar-refractivity contribution in [1.82, 2.24) is 24.8 Å². The third-order valence-electron chi connectivity index (χ3n) is 4.50. The van der Waals surface area contributed by atoms with Gasteiger partial charge in [0.05, 0.1) is 6.20 Å². The number of amides is 1. The summed E-state index contributed by atoms with van der Waals surface area (Å²) < 4.78 is 1.83. The zero-order valence-electron chi connectivity index (χ0n) is 14.6. The van der Waals surface area contributed by atoms with E-state index in [1.165, 1.54) is 0 Å². The van der Waals surface area contributed by atoms with Gasteiger partial charge >= 0.3 is 6.09 Å². The highest BCUT2D eigenvalue weighted by Crippen LogP contribution is 2.22. The van der Waals surface area contributed by atoms with Gasteiger partial charge in [0.2, 0.25) is 5.95 Å². The van der Waals surface area contributed by atoms with E-state index in [0.717, 1.165) is 25.7 Å². The molecule has 9 nitrogen and oxygen atoms in total. The van der Waals surface area contributed by atoms with E-state index in [1.54, 1.807) is 10.8 Å². The number of aromatic nitrogens is 4. The molecular weight excluding hydrogens is 404 g/mol. The molecule has 1 saturated carbocycles. The van der Waals surface area contributed by atoms with Crippen molar-refractivity contribution in [2.45, 2.75) is 57.7 Å². The molecule has 2 heterocycles. The van der Waals surface area contributed by atoms with Gasteiger partial charge < -0.3 is 15.7 Å². The molecule has 0 aromatic carbocycles. The number of anilines is 1. The maximum atomic E-state index is 12.4. The number of fused-ring (bicyclic) bond motifs is 1. The lowest BCUT2D eigenvalue weighted by atomic mass is 9.91. The highest BCUT2D eigenvalue weighted by Gasteiger charge is 2.23. The number of nitrogens with zero attached hydrogens (tertiary/aromatic N) is 4. The number of hydrogen-bond donors (Lipinski definition) is 3. The molecule has 0 atom stereocenters. The van der Waals surface area contributed by atoms with Gasteiger partial charge in [-0.2, -0.15) is 4.98 Å². The Kier molecular flexibility index (Phi) is 5.40. The quantitative estimate of drug-likeness (QED) is 0.688. The molecule has 26 heavy (non-hydrogen) atoms. The molecule has 0 spiro atoms. The first-order valence-corrected chi connectivity index (χ1v) is 9.35. The van der Waals surface area contributed by atoms with Crippen LogP contribution in [0.2, 0.25) is 0 Å². The third kappa shape index (κ3) is 3.95. The Morgan fingerprint density at radius 2 is 1.92 bits per heavy atom. The van der Waals surface area contributed by atoms with Crippen LogP contribution >= 0.6 is 15.9 Å². The zero-order chi connectivity index (χ0) is 18.8. The van der Waals surface area contributed by atoms with Crippen LogP contribution in [0.15, 0.2) is 15.6 Å². The monoisotopic (exact) mass is 424 g/mol. The summed E-state index contributed by atoms with van der Waals surface area (Å²) in [6, 6.07) is 0.0993. The van der Waals surface area contributed by atoms with Gasteiger partial charge in [-0.3, -0.25) is 9.36 Å². The van der Waals surface area contributed by atoms with Crippen molar-refractivity contribution in [3.05, 3.63) is 21.2 Å². The molecule has 2 aromatic heterocycles. The summed E-state index contributed by atoms with van der Waals surface area (Å²) in [5.74, 6) is 0.449. The molecule has 1 amide bonds. The molecule has 1 fully saturated rings. The van der Waals surface area contributed by atoms with E-state index in [-0.39, 0.29) is 28.3 Å². The minimum Gasteiger partial charge on any atom is -0.465 e. The maximum absolute atomic E-state index is 12.4. The van der Waals surface area contributed by atoms with Crippen molar-refractivity contribution in [3.63, 3.8) is 0 Å². The van der Waals surface area contributed by atoms with Crippen LogP contribution < -0.4 is 16.2 Å². The van der Waals surface area contributed by atoms with Crippen LogP contribution in [-0.4, -0.2) is 42.8 Å². The molecular formula is C16H21BrN6O3. The Morgan fingerprint density at radius 3 is 2.54 bits per heavy atom. The highest BCUT2D eigenvalue weighted by atomic mass is 79.9. The lowest BCUT2D eigenvalue weighted by molar-refractivity contribution is 0.185. The first-order valence-electron chi connectivity index (χ1n) is 8.56. The van der Waals surface area contributed by atoms with Crippen LogP contribution in [0.25, 0.3) is 11.2 Å². The van der Waals surface area contributed by atoms with Crippen molar-refractivity contribution in [1.29, 1.82) is 0 Å². The normalized spacial score (nSPS) is 20.3. The second-order valence-corrected chi connectivity index (χ2v) is 7.47. The number of carboxylic acid groups (broad SMARTS) is 1. The lowest BCUT2D eigenvalue weighted by Crippen LogP contribution is -2.39. The standard InChI is InChI=1S/C16H21BrN6O3/c1-8(2)23-13-11(21-12(17)14(23)24)7-18-15(22-13)19-9-3-5-10(6-4-9)20-16(25)26/h7-10,20H,3-6H2,1-2H3,(H,25,26)(H,18,19,22)/t9-,10-. The van der Waals surface area contributed by atoms with Gasteiger partial charge in [-0.15, -0.1) is 0 Å². The summed E-state index contributed by atoms with van der Waals surface area (Å²) in [5, 5.41) is 14.6. The Balaban J connectivity index is 1.80. The molecule has 140 valence electrons. The predicted molar refractivity (Wildman–Crippen MR) is 101 cm³/mol. The molecule has 0 aliphatic heterocycles. The minimum atomic E-state index is -0.982. The first-order chi connectivity index (χ1) is 12.3. The molecule has 3 rings (SSSR count). The lowest BCUT2D eigenvalue weighted by Gasteiger charge is -2.28. The molecule has 0 bridgehead atoms.